The van der Waals surface area contributed by atoms with E-state index in [4.69, 9.17) is 14.2 Å². The van der Waals surface area contributed by atoms with Gasteiger partial charge >= 0.3 is 5.97 Å². The minimum Gasteiger partial charge on any atom is -0.493 e. The number of carbonyl (C=O) groups excluding carboxylic acids is 1. The van der Waals surface area contributed by atoms with Crippen molar-refractivity contribution in [3.8, 4) is 17.2 Å². The van der Waals surface area contributed by atoms with E-state index in [2.05, 4.69) is 12.1 Å². The van der Waals surface area contributed by atoms with Crippen LogP contribution in [0.4, 0.5) is 0 Å². The van der Waals surface area contributed by atoms with Gasteiger partial charge in [-0.05, 0) is 38.1 Å². The Hall–Kier alpha value is -2.53. The van der Waals surface area contributed by atoms with Gasteiger partial charge in [0.05, 0.1) is 14.2 Å². The third kappa shape index (κ3) is 4.97. The van der Waals surface area contributed by atoms with E-state index >= 15 is 0 Å². The van der Waals surface area contributed by atoms with Gasteiger partial charge in [0.25, 0.3) is 0 Å². The molecule has 1 unspecified atom stereocenters. The number of esters is 1. The van der Waals surface area contributed by atoms with E-state index in [0.29, 0.717) is 17.2 Å². The second-order valence-electron chi connectivity index (χ2n) is 5.80. The molecule has 0 heterocycles. The summed E-state index contributed by atoms with van der Waals surface area (Å²) < 4.78 is 16.1. The number of benzene rings is 2. The monoisotopic (exact) mass is 343 g/mol. The Morgan fingerprint density at radius 1 is 1.00 bits per heavy atom. The van der Waals surface area contributed by atoms with Crippen LogP contribution in [0.1, 0.15) is 12.5 Å². The second kappa shape index (κ2) is 9.08. The van der Waals surface area contributed by atoms with E-state index in [-0.39, 0.29) is 5.97 Å². The van der Waals surface area contributed by atoms with Gasteiger partial charge in [-0.2, -0.15) is 0 Å². The smallest absolute Gasteiger partial charge is 0.328 e. The minimum atomic E-state index is -0.390. The zero-order valence-electron chi connectivity index (χ0n) is 15.2. The molecule has 0 N–H and O–H groups in total. The number of rotatable bonds is 8. The van der Waals surface area contributed by atoms with Crippen LogP contribution in [-0.2, 0) is 11.2 Å². The molecule has 0 saturated heterocycles. The van der Waals surface area contributed by atoms with Crippen molar-refractivity contribution in [3.05, 3.63) is 54.1 Å². The van der Waals surface area contributed by atoms with E-state index < -0.39 is 6.04 Å². The molecule has 0 saturated carbocycles. The molecule has 0 amide bonds. The first-order valence-corrected chi connectivity index (χ1v) is 8.23. The van der Waals surface area contributed by atoms with Crippen molar-refractivity contribution in [3.63, 3.8) is 0 Å². The maximum atomic E-state index is 12.5. The summed E-state index contributed by atoms with van der Waals surface area (Å²) in [6.45, 7) is 2.58. The first kappa shape index (κ1) is 18.8. The lowest BCUT2D eigenvalue weighted by Crippen LogP contribution is -2.39. The van der Waals surface area contributed by atoms with E-state index in [1.165, 1.54) is 19.8 Å². The van der Waals surface area contributed by atoms with Gasteiger partial charge in [0, 0.05) is 6.54 Å². The Balaban J connectivity index is 2.00. The van der Waals surface area contributed by atoms with Crippen LogP contribution in [0.25, 0.3) is 0 Å². The zero-order valence-corrected chi connectivity index (χ0v) is 15.2. The standard InChI is InChI=1S/C20H25NO4/c1-15(21(2)14-13-16-9-6-5-7-10-16)20(22)25-19-17(23-3)11-8-12-18(19)24-4/h5-12,15H,13-14H2,1-4H3. The molecule has 0 aliphatic carbocycles. The summed E-state index contributed by atoms with van der Waals surface area (Å²) in [6, 6.07) is 15.0. The lowest BCUT2D eigenvalue weighted by Gasteiger charge is -2.23. The first-order chi connectivity index (χ1) is 12.1. The van der Waals surface area contributed by atoms with Crippen molar-refractivity contribution in [1.82, 2.24) is 4.90 Å². The van der Waals surface area contributed by atoms with Crippen LogP contribution < -0.4 is 14.2 Å². The van der Waals surface area contributed by atoms with Crippen LogP contribution in [-0.4, -0.2) is 44.7 Å². The molecular formula is C20H25NO4. The Kier molecular flexibility index (Phi) is 6.83. The summed E-state index contributed by atoms with van der Waals surface area (Å²) in [4.78, 5) is 14.5. The highest BCUT2D eigenvalue weighted by atomic mass is 16.6. The van der Waals surface area contributed by atoms with Gasteiger partial charge in [0.2, 0.25) is 5.75 Å². The van der Waals surface area contributed by atoms with Gasteiger partial charge in [-0.25, -0.2) is 4.79 Å². The number of hydrogen-bond donors (Lipinski definition) is 0. The molecule has 0 spiro atoms. The number of methoxy groups -OCH3 is 2. The molecule has 0 fully saturated rings. The summed E-state index contributed by atoms with van der Waals surface area (Å²) in [6.07, 6.45) is 0.868. The molecule has 0 aliphatic heterocycles. The van der Waals surface area contributed by atoms with E-state index in [1.54, 1.807) is 18.2 Å². The Labute approximate surface area is 149 Å². The van der Waals surface area contributed by atoms with Gasteiger partial charge in [-0.15, -0.1) is 0 Å². The van der Waals surface area contributed by atoms with E-state index in [1.807, 2.05) is 37.1 Å². The van der Waals surface area contributed by atoms with Gasteiger partial charge in [-0.1, -0.05) is 36.4 Å². The lowest BCUT2D eigenvalue weighted by atomic mass is 10.1. The molecule has 5 heteroatoms. The molecular weight excluding hydrogens is 318 g/mol. The molecule has 1 atom stereocenters. The number of carbonyl (C=O) groups is 1. The van der Waals surface area contributed by atoms with Crippen LogP contribution in [0, 0.1) is 0 Å². The van der Waals surface area contributed by atoms with E-state index in [0.717, 1.165) is 13.0 Å². The second-order valence-corrected chi connectivity index (χ2v) is 5.80. The quantitative estimate of drug-likeness (QED) is 0.544. The fraction of sp³-hybridized carbons (Fsp3) is 0.350. The van der Waals surface area contributed by atoms with Crippen molar-refractivity contribution >= 4 is 5.97 Å². The molecule has 5 nitrogen and oxygen atoms in total. The molecule has 25 heavy (non-hydrogen) atoms. The first-order valence-electron chi connectivity index (χ1n) is 8.23. The highest BCUT2D eigenvalue weighted by Crippen LogP contribution is 2.37. The molecule has 0 aliphatic rings. The Bertz CT molecular complexity index is 665. The van der Waals surface area contributed by atoms with Crippen LogP contribution in [0.5, 0.6) is 17.2 Å². The third-order valence-corrected chi connectivity index (χ3v) is 4.18. The van der Waals surface area contributed by atoms with Crippen molar-refractivity contribution in [2.45, 2.75) is 19.4 Å². The average molecular weight is 343 g/mol. The molecule has 0 aromatic heterocycles. The van der Waals surface area contributed by atoms with Gasteiger partial charge < -0.3 is 14.2 Å². The predicted molar refractivity (Wildman–Crippen MR) is 97.4 cm³/mol. The third-order valence-electron chi connectivity index (χ3n) is 4.18. The van der Waals surface area contributed by atoms with Crippen molar-refractivity contribution in [2.24, 2.45) is 0 Å². The largest absolute Gasteiger partial charge is 0.493 e. The Morgan fingerprint density at radius 3 is 2.16 bits per heavy atom. The van der Waals surface area contributed by atoms with Crippen LogP contribution in [0.2, 0.25) is 0 Å². The van der Waals surface area contributed by atoms with Gasteiger partial charge in [-0.3, -0.25) is 4.90 Å². The number of para-hydroxylation sites is 1. The van der Waals surface area contributed by atoms with Crippen LogP contribution in [0.3, 0.4) is 0 Å². The Morgan fingerprint density at radius 2 is 1.60 bits per heavy atom. The molecule has 2 aromatic carbocycles. The lowest BCUT2D eigenvalue weighted by molar-refractivity contribution is -0.139. The fourth-order valence-electron chi connectivity index (χ4n) is 2.43. The van der Waals surface area contributed by atoms with Crippen molar-refractivity contribution < 1.29 is 19.0 Å². The van der Waals surface area contributed by atoms with Crippen molar-refractivity contribution in [1.29, 1.82) is 0 Å². The molecule has 2 rings (SSSR count). The molecule has 134 valence electrons. The van der Waals surface area contributed by atoms with Crippen molar-refractivity contribution in [2.75, 3.05) is 27.8 Å². The molecule has 0 radical (unpaired) electrons. The normalized spacial score (nSPS) is 11.9. The van der Waals surface area contributed by atoms with Crippen LogP contribution in [0.15, 0.2) is 48.5 Å². The fourth-order valence-corrected chi connectivity index (χ4v) is 2.43. The highest BCUT2D eigenvalue weighted by molar-refractivity contribution is 5.79. The summed E-state index contributed by atoms with van der Waals surface area (Å²) >= 11 is 0. The number of hydrogen-bond acceptors (Lipinski definition) is 5. The molecule has 2 aromatic rings. The average Bonchev–Trinajstić information content (AvgIpc) is 2.66. The number of likely N-dealkylation sites (N-methyl/N-ethyl adjacent to an activating group) is 1. The summed E-state index contributed by atoms with van der Waals surface area (Å²) in [5.74, 6) is 0.887. The number of nitrogens with zero attached hydrogens (tertiary/aromatic N) is 1. The maximum Gasteiger partial charge on any atom is 0.328 e. The summed E-state index contributed by atoms with van der Waals surface area (Å²) in [7, 11) is 4.97. The minimum absolute atomic E-state index is 0.306. The number of ether oxygens (including phenoxy) is 3. The van der Waals surface area contributed by atoms with E-state index in [9.17, 15) is 4.79 Å². The SMILES string of the molecule is COc1cccc(OC)c1OC(=O)C(C)N(C)CCc1ccccc1. The summed E-state index contributed by atoms with van der Waals surface area (Å²) in [5.41, 5.74) is 1.24. The predicted octanol–water partition coefficient (Wildman–Crippen LogP) is 3.17. The zero-order chi connectivity index (χ0) is 18.2. The summed E-state index contributed by atoms with van der Waals surface area (Å²) in [5, 5.41) is 0. The topological polar surface area (TPSA) is 48.0 Å². The van der Waals surface area contributed by atoms with Gasteiger partial charge in [0.15, 0.2) is 11.5 Å². The van der Waals surface area contributed by atoms with Crippen LogP contribution >= 0.6 is 0 Å². The maximum absolute atomic E-state index is 12.5. The molecule has 0 bridgehead atoms. The van der Waals surface area contributed by atoms with Gasteiger partial charge in [0.1, 0.15) is 6.04 Å². The highest BCUT2D eigenvalue weighted by Gasteiger charge is 2.23.